The molecule has 1 heterocycles. The number of hydrogen-bond donors (Lipinski definition) is 2. The van der Waals surface area contributed by atoms with Gasteiger partial charge in [0.05, 0.1) is 17.8 Å². The molecule has 0 saturated heterocycles. The summed E-state index contributed by atoms with van der Waals surface area (Å²) in [5.74, 6) is -0.945. The molecule has 2 aromatic rings. The molecule has 2 rings (SSSR count). The number of anilines is 1. The van der Waals surface area contributed by atoms with Crippen LogP contribution in [0.15, 0.2) is 34.2 Å². The summed E-state index contributed by atoms with van der Waals surface area (Å²) in [5.41, 5.74) is 0.840. The summed E-state index contributed by atoms with van der Waals surface area (Å²) in [4.78, 5) is 15.2. The number of rotatable bonds is 4. The minimum Gasteiger partial charge on any atom is -0.478 e. The molecule has 0 atom stereocenters. The number of benzene rings is 1. The molecule has 0 saturated carbocycles. The van der Waals surface area contributed by atoms with Crippen LogP contribution in [-0.2, 0) is 6.54 Å². The van der Waals surface area contributed by atoms with E-state index in [0.717, 1.165) is 9.48 Å². The van der Waals surface area contributed by atoms with Gasteiger partial charge in [-0.05, 0) is 18.2 Å². The van der Waals surface area contributed by atoms with E-state index in [1.165, 1.54) is 11.3 Å². The minimum atomic E-state index is -0.945. The summed E-state index contributed by atoms with van der Waals surface area (Å²) < 4.78 is 0.837. The van der Waals surface area contributed by atoms with Gasteiger partial charge >= 0.3 is 5.97 Å². The summed E-state index contributed by atoms with van der Waals surface area (Å²) >= 11 is 4.85. The fourth-order valence-electron chi connectivity index (χ4n) is 1.36. The van der Waals surface area contributed by atoms with Crippen LogP contribution in [0.1, 0.15) is 15.4 Å². The summed E-state index contributed by atoms with van der Waals surface area (Å²) in [6.45, 7) is 0.522. The van der Waals surface area contributed by atoms with Gasteiger partial charge in [-0.2, -0.15) is 0 Å². The van der Waals surface area contributed by atoms with Gasteiger partial charge in [0.2, 0.25) is 0 Å². The number of carbonyl (C=O) groups is 1. The summed E-state index contributed by atoms with van der Waals surface area (Å²) in [7, 11) is 0. The molecular formula is C11H9BrN2O2S. The first kappa shape index (κ1) is 12.1. The van der Waals surface area contributed by atoms with Crippen LogP contribution in [0.25, 0.3) is 0 Å². The Bertz CT molecular complexity index is 528. The van der Waals surface area contributed by atoms with E-state index < -0.39 is 5.97 Å². The first-order valence-electron chi connectivity index (χ1n) is 4.82. The highest BCUT2D eigenvalue weighted by atomic mass is 79.9. The minimum absolute atomic E-state index is 0.254. The molecule has 4 nitrogen and oxygen atoms in total. The number of aromatic nitrogens is 1. The Balaban J connectivity index is 2.19. The van der Waals surface area contributed by atoms with Crippen molar-refractivity contribution in [3.05, 3.63) is 44.8 Å². The van der Waals surface area contributed by atoms with Gasteiger partial charge in [-0.25, -0.2) is 9.78 Å². The van der Waals surface area contributed by atoms with E-state index in [2.05, 4.69) is 26.2 Å². The number of halogens is 1. The van der Waals surface area contributed by atoms with Crippen LogP contribution >= 0.6 is 27.3 Å². The van der Waals surface area contributed by atoms with Crippen molar-refractivity contribution in [1.82, 2.24) is 4.98 Å². The molecule has 6 heteroatoms. The maximum absolute atomic E-state index is 11.0. The van der Waals surface area contributed by atoms with Gasteiger partial charge in [-0.1, -0.05) is 15.9 Å². The van der Waals surface area contributed by atoms with E-state index in [0.29, 0.717) is 12.2 Å². The number of hydrogen-bond acceptors (Lipinski definition) is 4. The van der Waals surface area contributed by atoms with E-state index >= 15 is 0 Å². The van der Waals surface area contributed by atoms with E-state index in [-0.39, 0.29) is 5.56 Å². The molecule has 0 radical (unpaired) electrons. The number of aromatic carboxylic acids is 1. The fraction of sp³-hybridized carbons (Fsp3) is 0.0909. The Morgan fingerprint density at radius 1 is 1.53 bits per heavy atom. The highest BCUT2D eigenvalue weighted by Crippen LogP contribution is 2.22. The molecule has 0 spiro atoms. The van der Waals surface area contributed by atoms with Gasteiger partial charge in [0.25, 0.3) is 0 Å². The van der Waals surface area contributed by atoms with Gasteiger partial charge < -0.3 is 10.4 Å². The second-order valence-corrected chi connectivity index (χ2v) is 5.17. The van der Waals surface area contributed by atoms with Crippen molar-refractivity contribution in [3.8, 4) is 0 Å². The van der Waals surface area contributed by atoms with Crippen molar-refractivity contribution in [2.45, 2.75) is 6.54 Å². The Morgan fingerprint density at radius 2 is 2.35 bits per heavy atom. The lowest BCUT2D eigenvalue weighted by Gasteiger charge is -2.08. The highest BCUT2D eigenvalue weighted by molar-refractivity contribution is 9.10. The topological polar surface area (TPSA) is 62.2 Å². The summed E-state index contributed by atoms with van der Waals surface area (Å²) in [5, 5.41) is 14.9. The van der Waals surface area contributed by atoms with Crippen molar-refractivity contribution in [1.29, 1.82) is 0 Å². The zero-order valence-corrected chi connectivity index (χ0v) is 11.1. The summed E-state index contributed by atoms with van der Waals surface area (Å²) in [6, 6.07) is 5.02. The zero-order chi connectivity index (χ0) is 12.3. The van der Waals surface area contributed by atoms with E-state index in [1.54, 1.807) is 24.4 Å². The lowest BCUT2D eigenvalue weighted by Crippen LogP contribution is -2.06. The van der Waals surface area contributed by atoms with Crippen LogP contribution in [0.3, 0.4) is 0 Å². The lowest BCUT2D eigenvalue weighted by atomic mass is 10.2. The maximum atomic E-state index is 11.0. The predicted molar refractivity (Wildman–Crippen MR) is 70.5 cm³/mol. The van der Waals surface area contributed by atoms with Crippen LogP contribution in [0, 0.1) is 0 Å². The van der Waals surface area contributed by atoms with Crippen LogP contribution in [0.5, 0.6) is 0 Å². The standard InChI is InChI=1S/C11H9BrN2O2S/c12-7-1-2-8(11(15)16)9(5-7)14-6-10-13-3-4-17-10/h1-5,14H,6H2,(H,15,16). The summed E-state index contributed by atoms with van der Waals surface area (Å²) in [6.07, 6.45) is 1.72. The number of nitrogens with zero attached hydrogens (tertiary/aromatic N) is 1. The molecule has 1 aromatic carbocycles. The Labute approximate surface area is 110 Å². The molecule has 0 aliphatic heterocycles. The third-order valence-corrected chi connectivity index (χ3v) is 3.40. The third kappa shape index (κ3) is 3.04. The van der Waals surface area contributed by atoms with Crippen LogP contribution in [0.4, 0.5) is 5.69 Å². The molecule has 0 amide bonds. The van der Waals surface area contributed by atoms with Crippen molar-refractivity contribution < 1.29 is 9.90 Å². The predicted octanol–water partition coefficient (Wildman–Crippen LogP) is 3.22. The average molecular weight is 313 g/mol. The van der Waals surface area contributed by atoms with Crippen molar-refractivity contribution in [2.24, 2.45) is 0 Å². The molecule has 0 aliphatic carbocycles. The Kier molecular flexibility index (Phi) is 3.75. The van der Waals surface area contributed by atoms with Gasteiger partial charge in [-0.15, -0.1) is 11.3 Å². The normalized spacial score (nSPS) is 10.2. The zero-order valence-electron chi connectivity index (χ0n) is 8.68. The highest BCUT2D eigenvalue weighted by Gasteiger charge is 2.10. The number of carboxylic acid groups (broad SMARTS) is 1. The molecular weight excluding hydrogens is 304 g/mol. The molecule has 0 aliphatic rings. The fourth-order valence-corrected chi connectivity index (χ4v) is 2.28. The molecule has 0 unspecified atom stereocenters. The van der Waals surface area contributed by atoms with Crippen molar-refractivity contribution >= 4 is 38.9 Å². The van der Waals surface area contributed by atoms with E-state index in [1.807, 2.05) is 5.38 Å². The maximum Gasteiger partial charge on any atom is 0.337 e. The van der Waals surface area contributed by atoms with Gasteiger partial charge in [0.15, 0.2) is 0 Å². The second-order valence-electron chi connectivity index (χ2n) is 3.27. The molecule has 1 aromatic heterocycles. The number of thiazole rings is 1. The second kappa shape index (κ2) is 5.29. The molecule has 0 bridgehead atoms. The first-order valence-corrected chi connectivity index (χ1v) is 6.49. The van der Waals surface area contributed by atoms with Crippen LogP contribution in [0.2, 0.25) is 0 Å². The van der Waals surface area contributed by atoms with Gasteiger partial charge in [0.1, 0.15) is 5.01 Å². The molecule has 2 N–H and O–H groups in total. The van der Waals surface area contributed by atoms with Crippen molar-refractivity contribution in [2.75, 3.05) is 5.32 Å². The Hall–Kier alpha value is -1.40. The van der Waals surface area contributed by atoms with Gasteiger partial charge in [-0.3, -0.25) is 0 Å². The van der Waals surface area contributed by atoms with Crippen molar-refractivity contribution in [3.63, 3.8) is 0 Å². The molecule has 88 valence electrons. The smallest absolute Gasteiger partial charge is 0.337 e. The molecule has 0 fully saturated rings. The third-order valence-electron chi connectivity index (χ3n) is 2.13. The van der Waals surface area contributed by atoms with Crippen LogP contribution < -0.4 is 5.32 Å². The quantitative estimate of drug-likeness (QED) is 0.910. The number of nitrogens with one attached hydrogen (secondary N) is 1. The number of carboxylic acids is 1. The average Bonchev–Trinajstić information content (AvgIpc) is 2.78. The first-order chi connectivity index (χ1) is 8.16. The monoisotopic (exact) mass is 312 g/mol. The SMILES string of the molecule is O=C(O)c1ccc(Br)cc1NCc1nccs1. The van der Waals surface area contributed by atoms with E-state index in [4.69, 9.17) is 5.11 Å². The van der Waals surface area contributed by atoms with Gasteiger partial charge in [0, 0.05) is 16.0 Å². The lowest BCUT2D eigenvalue weighted by molar-refractivity contribution is 0.0698. The van der Waals surface area contributed by atoms with E-state index in [9.17, 15) is 4.79 Å². The van der Waals surface area contributed by atoms with Crippen LogP contribution in [-0.4, -0.2) is 16.1 Å². The Morgan fingerprint density at radius 3 is 3.00 bits per heavy atom. The molecule has 17 heavy (non-hydrogen) atoms. The largest absolute Gasteiger partial charge is 0.478 e.